The summed E-state index contributed by atoms with van der Waals surface area (Å²) in [6.45, 7) is 7.39. The van der Waals surface area contributed by atoms with E-state index in [4.69, 9.17) is 9.47 Å². The number of hydrogen-bond donors (Lipinski definition) is 1. The molecule has 6 nitrogen and oxygen atoms in total. The molecule has 1 aliphatic rings. The third kappa shape index (κ3) is 5.10. The number of carbonyl (C=O) groups is 2. The first-order valence-corrected chi connectivity index (χ1v) is 9.19. The Labute approximate surface area is 160 Å². The second-order valence-electron chi connectivity index (χ2n) is 7.79. The van der Waals surface area contributed by atoms with Crippen LogP contribution in [-0.4, -0.2) is 46.7 Å². The van der Waals surface area contributed by atoms with Gasteiger partial charge in [-0.2, -0.15) is 0 Å². The lowest BCUT2D eigenvalue weighted by molar-refractivity contribution is -0.159. The lowest BCUT2D eigenvalue weighted by Gasteiger charge is -2.36. The predicted molar refractivity (Wildman–Crippen MR) is 102 cm³/mol. The van der Waals surface area contributed by atoms with E-state index in [0.717, 1.165) is 12.0 Å². The smallest absolute Gasteiger partial charge is 0.331 e. The van der Waals surface area contributed by atoms with Crippen molar-refractivity contribution in [3.8, 4) is 5.75 Å². The Morgan fingerprint density at radius 3 is 2.59 bits per heavy atom. The van der Waals surface area contributed by atoms with Crippen LogP contribution < -0.4 is 4.74 Å². The van der Waals surface area contributed by atoms with Crippen LogP contribution in [0, 0.1) is 0 Å². The van der Waals surface area contributed by atoms with E-state index in [9.17, 15) is 14.7 Å². The lowest BCUT2D eigenvalue weighted by Crippen LogP contribution is -2.54. The van der Waals surface area contributed by atoms with Gasteiger partial charge in [0.15, 0.2) is 0 Å². The van der Waals surface area contributed by atoms with Crippen LogP contribution in [0.3, 0.4) is 0 Å². The largest absolute Gasteiger partial charge is 0.467 e. The maximum Gasteiger partial charge on any atom is 0.331 e. The van der Waals surface area contributed by atoms with Crippen molar-refractivity contribution in [2.24, 2.45) is 0 Å². The Balaban J connectivity index is 2.14. The third-order valence-electron chi connectivity index (χ3n) is 4.61. The Morgan fingerprint density at radius 2 is 2.00 bits per heavy atom. The van der Waals surface area contributed by atoms with Gasteiger partial charge >= 0.3 is 5.97 Å². The van der Waals surface area contributed by atoms with Crippen LogP contribution in [0.2, 0.25) is 0 Å². The van der Waals surface area contributed by atoms with Crippen molar-refractivity contribution in [2.75, 3.05) is 13.7 Å². The van der Waals surface area contributed by atoms with Gasteiger partial charge in [-0.3, -0.25) is 4.79 Å². The number of benzene rings is 1. The number of hydrogen-bond acceptors (Lipinski definition) is 5. The third-order valence-corrected chi connectivity index (χ3v) is 4.61. The second-order valence-corrected chi connectivity index (χ2v) is 7.79. The summed E-state index contributed by atoms with van der Waals surface area (Å²) >= 11 is 0. The highest BCUT2D eigenvalue weighted by Crippen LogP contribution is 2.29. The van der Waals surface area contributed by atoms with Crippen LogP contribution in [0.4, 0.5) is 0 Å². The molecule has 0 spiro atoms. The zero-order valence-electron chi connectivity index (χ0n) is 16.7. The average molecular weight is 375 g/mol. The van der Waals surface area contributed by atoms with Crippen LogP contribution in [0.15, 0.2) is 36.1 Å². The summed E-state index contributed by atoms with van der Waals surface area (Å²) in [5.41, 5.74) is -0.905. The Kier molecular flexibility index (Phi) is 6.31. The van der Waals surface area contributed by atoms with Crippen molar-refractivity contribution in [1.29, 1.82) is 0 Å². The summed E-state index contributed by atoms with van der Waals surface area (Å²) in [6.07, 6.45) is 3.16. The molecule has 1 amide bonds. The molecule has 1 aromatic rings. The molecule has 6 heteroatoms. The van der Waals surface area contributed by atoms with Gasteiger partial charge in [-0.15, -0.1) is 0 Å². The summed E-state index contributed by atoms with van der Waals surface area (Å²) in [7, 11) is 1.33. The summed E-state index contributed by atoms with van der Waals surface area (Å²) in [5.74, 6) is 0.373. The first-order valence-electron chi connectivity index (χ1n) is 9.19. The second kappa shape index (κ2) is 8.13. The molecule has 1 unspecified atom stereocenters. The van der Waals surface area contributed by atoms with E-state index in [1.807, 2.05) is 25.1 Å². The predicted octanol–water partition coefficient (Wildman–Crippen LogP) is 2.84. The highest BCUT2D eigenvalue weighted by atomic mass is 16.5. The molecule has 0 saturated carbocycles. The summed E-state index contributed by atoms with van der Waals surface area (Å²) in [6, 6.07) is 7.41. The minimum atomic E-state index is -1.02. The molecule has 1 heterocycles. The van der Waals surface area contributed by atoms with E-state index in [-0.39, 0.29) is 12.5 Å². The summed E-state index contributed by atoms with van der Waals surface area (Å²) < 4.78 is 10.8. The minimum absolute atomic E-state index is 0.208. The van der Waals surface area contributed by atoms with E-state index in [0.29, 0.717) is 24.4 Å². The molecule has 0 bridgehead atoms. The molecule has 2 rings (SSSR count). The number of ether oxygens (including phenoxy) is 2. The molecule has 0 aromatic heterocycles. The molecule has 1 atom stereocenters. The van der Waals surface area contributed by atoms with Gasteiger partial charge in [-0.1, -0.05) is 25.5 Å². The van der Waals surface area contributed by atoms with Crippen molar-refractivity contribution >= 4 is 11.9 Å². The maximum atomic E-state index is 12.5. The Hall–Kier alpha value is -2.34. The summed E-state index contributed by atoms with van der Waals surface area (Å²) in [4.78, 5) is 26.3. The standard InChI is InChI=1S/C21H29NO5/c1-6-10-21(4,19(24)26-5)22-14-17(12-18(22)23)27-16-9-7-8-15(11-16)13-20(2,3)25/h7-9,11-12,25H,6,10,13-14H2,1-5H3. The average Bonchev–Trinajstić information content (AvgIpc) is 2.93. The van der Waals surface area contributed by atoms with Crippen molar-refractivity contribution in [1.82, 2.24) is 4.90 Å². The molecule has 1 aromatic carbocycles. The monoisotopic (exact) mass is 375 g/mol. The SMILES string of the molecule is CCCC(C)(C(=O)OC)N1CC(Oc2cccc(CC(C)(C)O)c2)=CC1=O. The lowest BCUT2D eigenvalue weighted by atomic mass is 9.94. The van der Waals surface area contributed by atoms with Crippen LogP contribution >= 0.6 is 0 Å². The number of aliphatic hydroxyl groups is 1. The van der Waals surface area contributed by atoms with Gasteiger partial charge in [-0.25, -0.2) is 4.79 Å². The molecular formula is C21H29NO5. The maximum absolute atomic E-state index is 12.5. The van der Waals surface area contributed by atoms with Crippen LogP contribution in [0.1, 0.15) is 46.1 Å². The number of methoxy groups -OCH3 is 1. The normalized spacial score (nSPS) is 16.7. The van der Waals surface area contributed by atoms with E-state index >= 15 is 0 Å². The molecule has 1 aliphatic heterocycles. The summed E-state index contributed by atoms with van der Waals surface area (Å²) in [5, 5.41) is 9.98. The molecule has 1 N–H and O–H groups in total. The first-order chi connectivity index (χ1) is 12.6. The highest BCUT2D eigenvalue weighted by molar-refractivity contribution is 5.96. The number of carbonyl (C=O) groups excluding carboxylic acids is 2. The number of nitrogens with zero attached hydrogens (tertiary/aromatic N) is 1. The zero-order valence-corrected chi connectivity index (χ0v) is 16.7. The van der Waals surface area contributed by atoms with Gasteiger partial charge in [-0.05, 0) is 44.9 Å². The van der Waals surface area contributed by atoms with Crippen molar-refractivity contribution in [3.63, 3.8) is 0 Å². The molecule has 0 aliphatic carbocycles. The van der Waals surface area contributed by atoms with E-state index < -0.39 is 17.1 Å². The number of amides is 1. The van der Waals surface area contributed by atoms with Crippen molar-refractivity contribution in [3.05, 3.63) is 41.7 Å². The fourth-order valence-corrected chi connectivity index (χ4v) is 3.40. The molecule has 0 saturated heterocycles. The van der Waals surface area contributed by atoms with Crippen molar-refractivity contribution in [2.45, 2.75) is 58.1 Å². The van der Waals surface area contributed by atoms with Gasteiger partial charge < -0.3 is 19.5 Å². The van der Waals surface area contributed by atoms with Gasteiger partial charge in [0.1, 0.15) is 17.0 Å². The number of rotatable bonds is 8. The fourth-order valence-electron chi connectivity index (χ4n) is 3.40. The molecule has 148 valence electrons. The molecule has 0 radical (unpaired) electrons. The quantitative estimate of drug-likeness (QED) is 0.707. The molecule has 0 fully saturated rings. The van der Waals surface area contributed by atoms with Gasteiger partial charge in [0.2, 0.25) is 0 Å². The first kappa shape index (κ1) is 21.0. The van der Waals surface area contributed by atoms with Gasteiger partial charge in [0.05, 0.1) is 19.3 Å². The topological polar surface area (TPSA) is 76.1 Å². The highest BCUT2D eigenvalue weighted by Gasteiger charge is 2.44. The minimum Gasteiger partial charge on any atom is -0.467 e. The molecule has 27 heavy (non-hydrogen) atoms. The Bertz CT molecular complexity index is 734. The fraction of sp³-hybridized carbons (Fsp3) is 0.524. The van der Waals surface area contributed by atoms with Gasteiger partial charge in [0, 0.05) is 12.5 Å². The van der Waals surface area contributed by atoms with Crippen LogP contribution in [0.25, 0.3) is 0 Å². The molecular weight excluding hydrogens is 346 g/mol. The van der Waals surface area contributed by atoms with E-state index in [1.165, 1.54) is 18.1 Å². The van der Waals surface area contributed by atoms with E-state index in [1.54, 1.807) is 26.8 Å². The van der Waals surface area contributed by atoms with Gasteiger partial charge in [0.25, 0.3) is 5.91 Å². The zero-order chi connectivity index (χ0) is 20.2. The van der Waals surface area contributed by atoms with Crippen molar-refractivity contribution < 1.29 is 24.2 Å². The van der Waals surface area contributed by atoms with Crippen LogP contribution in [0.5, 0.6) is 5.75 Å². The van der Waals surface area contributed by atoms with Crippen LogP contribution in [-0.2, 0) is 20.7 Å². The number of esters is 1. The van der Waals surface area contributed by atoms with E-state index in [2.05, 4.69) is 0 Å². The Morgan fingerprint density at radius 1 is 1.30 bits per heavy atom.